The van der Waals surface area contributed by atoms with Gasteiger partial charge in [-0.05, 0) is 97.1 Å². The maximum atomic E-state index is 6.32. The fourth-order valence-electron chi connectivity index (χ4n) is 4.22. The third-order valence-corrected chi connectivity index (χ3v) is 19.1. The number of rotatable bonds is 20. The molecule has 0 aromatic heterocycles. The number of hydrogen-bond donors (Lipinski definition) is 0. The smallest absolute Gasteiger partial charge is 0.372 e. The highest BCUT2D eigenvalue weighted by Gasteiger charge is 2.40. The Labute approximate surface area is 268 Å². The molecular formula is C26H38Cl4O4S3Si2. The molecule has 39 heavy (non-hydrogen) atoms. The molecule has 0 atom stereocenters. The van der Waals surface area contributed by atoms with E-state index >= 15 is 0 Å². The van der Waals surface area contributed by atoms with E-state index in [9.17, 15) is 0 Å². The van der Waals surface area contributed by atoms with Gasteiger partial charge in [-0.15, -0.1) is 0 Å². The Bertz CT molecular complexity index is 920. The van der Waals surface area contributed by atoms with Crippen molar-refractivity contribution in [2.24, 2.45) is 0 Å². The van der Waals surface area contributed by atoms with Crippen LogP contribution in [0.25, 0.3) is 0 Å². The van der Waals surface area contributed by atoms with Crippen molar-refractivity contribution in [2.75, 3.05) is 37.9 Å². The van der Waals surface area contributed by atoms with Crippen molar-refractivity contribution in [3.63, 3.8) is 0 Å². The molecule has 0 N–H and O–H groups in total. The van der Waals surface area contributed by atoms with Crippen molar-refractivity contribution in [1.82, 2.24) is 0 Å². The minimum atomic E-state index is -2.60. The number of halogens is 4. The zero-order chi connectivity index (χ0) is 28.7. The van der Waals surface area contributed by atoms with E-state index < -0.39 is 17.1 Å². The van der Waals surface area contributed by atoms with Gasteiger partial charge < -0.3 is 17.7 Å². The molecule has 2 rings (SSSR count). The molecule has 4 nitrogen and oxygen atoms in total. The summed E-state index contributed by atoms with van der Waals surface area (Å²) in [5.41, 5.74) is 0. The van der Waals surface area contributed by atoms with Crippen LogP contribution < -0.4 is 10.4 Å². The monoisotopic (exact) mass is 706 g/mol. The second kappa shape index (κ2) is 19.3. The van der Waals surface area contributed by atoms with Crippen molar-refractivity contribution in [3.8, 4) is 0 Å². The molecule has 0 aliphatic heterocycles. The summed E-state index contributed by atoms with van der Waals surface area (Å²) in [6, 6.07) is 13.2. The van der Waals surface area contributed by atoms with Gasteiger partial charge >= 0.3 is 17.1 Å². The quantitative estimate of drug-likeness (QED) is 0.0772. The average Bonchev–Trinajstić information content (AvgIpc) is 2.91. The van der Waals surface area contributed by atoms with Crippen molar-refractivity contribution in [3.05, 3.63) is 56.5 Å². The maximum absolute atomic E-state index is 6.32. The van der Waals surface area contributed by atoms with Crippen LogP contribution >= 0.6 is 77.8 Å². The Morgan fingerprint density at radius 3 is 1.23 bits per heavy atom. The molecule has 0 bridgehead atoms. The Balaban J connectivity index is 1.85. The third-order valence-electron chi connectivity index (χ3n) is 5.79. The van der Waals surface area contributed by atoms with Crippen LogP contribution in [-0.2, 0) is 17.7 Å². The van der Waals surface area contributed by atoms with Crippen molar-refractivity contribution in [2.45, 2.75) is 52.6 Å². The lowest BCUT2D eigenvalue weighted by atomic mass is 10.4. The summed E-state index contributed by atoms with van der Waals surface area (Å²) in [7, 11) is 0.377. The molecule has 0 aliphatic rings. The molecule has 0 aliphatic carbocycles. The Morgan fingerprint density at radius 1 is 0.564 bits per heavy atom. The molecule has 0 spiro atoms. The van der Waals surface area contributed by atoms with Gasteiger partial charge in [0, 0.05) is 37.9 Å². The van der Waals surface area contributed by atoms with Gasteiger partial charge in [-0.2, -0.15) is 0 Å². The second-order valence-electron chi connectivity index (χ2n) is 8.41. The highest BCUT2D eigenvalue weighted by molar-refractivity contribution is 9.09. The summed E-state index contributed by atoms with van der Waals surface area (Å²) < 4.78 is 25.2. The Kier molecular flexibility index (Phi) is 17.8. The van der Waals surface area contributed by atoms with Crippen LogP contribution in [0.5, 0.6) is 0 Å². The lowest BCUT2D eigenvalue weighted by molar-refractivity contribution is 0.195. The minimum absolute atomic E-state index is 0.534. The zero-order valence-corrected chi connectivity index (χ0v) is 30.4. The topological polar surface area (TPSA) is 36.9 Å². The summed E-state index contributed by atoms with van der Waals surface area (Å²) in [5, 5.41) is 4.22. The summed E-state index contributed by atoms with van der Waals surface area (Å²) in [6.07, 6.45) is 1.99. The van der Waals surface area contributed by atoms with Crippen LogP contribution in [0.4, 0.5) is 0 Å². The van der Waals surface area contributed by atoms with Crippen LogP contribution in [0, 0.1) is 0 Å². The van der Waals surface area contributed by atoms with Gasteiger partial charge in [0.2, 0.25) is 0 Å². The van der Waals surface area contributed by atoms with E-state index in [-0.39, 0.29) is 0 Å². The Hall–Kier alpha value is 0.924. The summed E-state index contributed by atoms with van der Waals surface area (Å²) in [6.45, 7) is 10.4. The molecule has 0 saturated heterocycles. The van der Waals surface area contributed by atoms with Crippen molar-refractivity contribution >= 4 is 105 Å². The van der Waals surface area contributed by atoms with Gasteiger partial charge in [0.05, 0.1) is 20.1 Å². The van der Waals surface area contributed by atoms with E-state index in [4.69, 9.17) is 64.1 Å². The van der Waals surface area contributed by atoms with E-state index in [1.54, 1.807) is 0 Å². The van der Waals surface area contributed by atoms with E-state index in [1.165, 1.54) is 0 Å². The van der Waals surface area contributed by atoms with Gasteiger partial charge in [-0.25, -0.2) is 0 Å². The van der Waals surface area contributed by atoms with Gasteiger partial charge in [0.15, 0.2) is 0 Å². The van der Waals surface area contributed by atoms with Gasteiger partial charge in [-0.3, -0.25) is 0 Å². The normalized spacial score (nSPS) is 12.3. The number of benzene rings is 2. The molecule has 0 saturated carbocycles. The fourth-order valence-corrected chi connectivity index (χ4v) is 15.9. The first-order valence-corrected chi connectivity index (χ1v) is 22.5. The van der Waals surface area contributed by atoms with Crippen LogP contribution in [-0.4, -0.2) is 55.1 Å². The first-order valence-electron chi connectivity index (χ1n) is 13.1. The van der Waals surface area contributed by atoms with E-state index in [2.05, 4.69) is 0 Å². The highest BCUT2D eigenvalue weighted by Crippen LogP contribution is 2.37. The van der Waals surface area contributed by atoms with Gasteiger partial charge in [0.25, 0.3) is 0 Å². The predicted octanol–water partition coefficient (Wildman–Crippen LogP) is 9.25. The van der Waals surface area contributed by atoms with Crippen molar-refractivity contribution in [1.29, 1.82) is 0 Å². The molecule has 0 heterocycles. The standard InChI is InChI=1S/C26H38Cl4O4S3Si2/c1-5-31-38(32-6-2,21-11-13-23(27)25(29)19-21)17-9-15-35-37-36-16-10-18-39(33-7-3,34-8-4)22-12-14-24(28)26(30)20-22/h11-14,19-20H,5-10,15-18H2,1-4H3. The lowest BCUT2D eigenvalue weighted by Crippen LogP contribution is -2.54. The Morgan fingerprint density at radius 2 is 0.923 bits per heavy atom. The van der Waals surface area contributed by atoms with Gasteiger partial charge in [-0.1, -0.05) is 80.1 Å². The van der Waals surface area contributed by atoms with Crippen LogP contribution in [0.2, 0.25) is 32.2 Å². The molecule has 2 aromatic rings. The highest BCUT2D eigenvalue weighted by atomic mass is 35.5. The first-order chi connectivity index (χ1) is 18.8. The zero-order valence-electron chi connectivity index (χ0n) is 22.9. The van der Waals surface area contributed by atoms with Gasteiger partial charge in [0.1, 0.15) is 0 Å². The second-order valence-corrected chi connectivity index (χ2v) is 20.8. The fraction of sp³-hybridized carbons (Fsp3) is 0.538. The average molecular weight is 709 g/mol. The van der Waals surface area contributed by atoms with E-state index in [1.807, 2.05) is 95.5 Å². The lowest BCUT2D eigenvalue weighted by Gasteiger charge is -2.30. The summed E-state index contributed by atoms with van der Waals surface area (Å²) in [5.74, 6) is 2.02. The van der Waals surface area contributed by atoms with Crippen LogP contribution in [0.15, 0.2) is 36.4 Å². The molecule has 13 heteroatoms. The van der Waals surface area contributed by atoms with E-state index in [0.717, 1.165) is 46.8 Å². The predicted molar refractivity (Wildman–Crippen MR) is 182 cm³/mol. The molecule has 2 aromatic carbocycles. The van der Waals surface area contributed by atoms with Crippen molar-refractivity contribution < 1.29 is 17.7 Å². The molecule has 0 radical (unpaired) electrons. The SMILES string of the molecule is CCO[Si](CCCSSSCCC[Si](OCC)(OCC)c1ccc(Cl)c(Cl)c1)(OCC)c1ccc(Cl)c(Cl)c1. The maximum Gasteiger partial charge on any atom is 0.372 e. The third kappa shape index (κ3) is 11.2. The summed E-state index contributed by atoms with van der Waals surface area (Å²) in [4.78, 5) is 0. The van der Waals surface area contributed by atoms with E-state index in [0.29, 0.717) is 46.5 Å². The molecule has 0 fully saturated rings. The minimum Gasteiger partial charge on any atom is -0.391 e. The molecule has 0 amide bonds. The first kappa shape index (κ1) is 36.1. The molecular weight excluding hydrogens is 670 g/mol. The molecule has 220 valence electrons. The molecule has 0 unspecified atom stereocenters. The van der Waals surface area contributed by atoms with Crippen LogP contribution in [0.3, 0.4) is 0 Å². The number of hydrogen-bond acceptors (Lipinski definition) is 7. The van der Waals surface area contributed by atoms with Crippen LogP contribution in [0.1, 0.15) is 40.5 Å². The largest absolute Gasteiger partial charge is 0.391 e. The summed E-state index contributed by atoms with van der Waals surface area (Å²) >= 11 is 24.9.